The van der Waals surface area contributed by atoms with Gasteiger partial charge in [0, 0.05) is 43.2 Å². The molecule has 0 fully saturated rings. The minimum absolute atomic E-state index is 0.00909. The van der Waals surface area contributed by atoms with Gasteiger partial charge in [-0.15, -0.1) is 0 Å². The first-order chi connectivity index (χ1) is 17.6. The van der Waals surface area contributed by atoms with Gasteiger partial charge < -0.3 is 20.7 Å². The normalized spacial score (nSPS) is 15.2. The molecule has 3 aromatic heterocycles. The fraction of sp³-hybridized carbons (Fsp3) is 0.259. The average Bonchev–Trinajstić information content (AvgIpc) is 3.37. The highest BCUT2D eigenvalue weighted by atomic mass is 16.5. The number of hydrogen-bond donors (Lipinski definition) is 3. The Bertz CT molecular complexity index is 1380. The van der Waals surface area contributed by atoms with Gasteiger partial charge in [0.2, 0.25) is 5.88 Å². The second-order valence-corrected chi connectivity index (χ2v) is 8.75. The summed E-state index contributed by atoms with van der Waals surface area (Å²) in [6, 6.07) is 17.7. The zero-order valence-corrected chi connectivity index (χ0v) is 20.3. The summed E-state index contributed by atoms with van der Waals surface area (Å²) in [4.78, 5) is 9.41. The molecular weight excluding hydrogens is 452 g/mol. The fourth-order valence-corrected chi connectivity index (χ4v) is 4.38. The molecule has 0 bridgehead atoms. The molecule has 0 unspecified atom stereocenters. The first-order valence-corrected chi connectivity index (χ1v) is 11.9. The number of nitriles is 1. The average molecular weight is 481 g/mol. The van der Waals surface area contributed by atoms with Crippen molar-refractivity contribution in [3.8, 4) is 23.1 Å². The molecule has 1 aromatic carbocycles. The number of pyridine rings is 2. The van der Waals surface area contributed by atoms with E-state index < -0.39 is 0 Å². The second kappa shape index (κ2) is 10.5. The summed E-state index contributed by atoms with van der Waals surface area (Å²) >= 11 is 0. The summed E-state index contributed by atoms with van der Waals surface area (Å²) in [6.07, 6.45) is 6.51. The van der Waals surface area contributed by atoms with Crippen molar-refractivity contribution in [1.82, 2.24) is 25.1 Å². The molecule has 1 aliphatic rings. The Labute approximate surface area is 210 Å². The Balaban J connectivity index is 1.34. The molecular formula is C27H28N8O. The lowest BCUT2D eigenvalue weighted by Gasteiger charge is -2.34. The van der Waals surface area contributed by atoms with Crippen LogP contribution in [0, 0.1) is 11.3 Å². The van der Waals surface area contributed by atoms with Crippen molar-refractivity contribution < 1.29 is 4.74 Å². The van der Waals surface area contributed by atoms with E-state index in [1.807, 2.05) is 68.1 Å². The lowest BCUT2D eigenvalue weighted by molar-refractivity contribution is 0.389. The molecule has 3 N–H and O–H groups in total. The molecule has 9 nitrogen and oxygen atoms in total. The van der Waals surface area contributed by atoms with Gasteiger partial charge in [-0.05, 0) is 42.8 Å². The summed E-state index contributed by atoms with van der Waals surface area (Å²) in [5.41, 5.74) is 5.73. The lowest BCUT2D eigenvalue weighted by Crippen LogP contribution is -2.45. The van der Waals surface area contributed by atoms with Gasteiger partial charge >= 0.3 is 0 Å². The Morgan fingerprint density at radius 1 is 1.19 bits per heavy atom. The van der Waals surface area contributed by atoms with Crippen LogP contribution >= 0.6 is 0 Å². The summed E-state index contributed by atoms with van der Waals surface area (Å²) in [5.74, 6) is 1.38. The smallest absolute Gasteiger partial charge is 0.213 e. The summed E-state index contributed by atoms with van der Waals surface area (Å²) in [5, 5.41) is 24.1. The van der Waals surface area contributed by atoms with Crippen LogP contribution in [-0.2, 0) is 13.5 Å². The van der Waals surface area contributed by atoms with Crippen molar-refractivity contribution in [2.45, 2.75) is 18.5 Å². The molecule has 182 valence electrons. The van der Waals surface area contributed by atoms with E-state index in [2.05, 4.69) is 33.2 Å². The van der Waals surface area contributed by atoms with Gasteiger partial charge in [0.05, 0.1) is 48.4 Å². The number of nitrogens with one attached hydrogen (secondary N) is 3. The van der Waals surface area contributed by atoms with Crippen molar-refractivity contribution in [2.75, 3.05) is 30.8 Å². The van der Waals surface area contributed by atoms with Crippen LogP contribution in [0.4, 0.5) is 11.5 Å². The number of aromatic nitrogens is 4. The van der Waals surface area contributed by atoms with Crippen molar-refractivity contribution in [3.05, 3.63) is 83.9 Å². The predicted molar refractivity (Wildman–Crippen MR) is 139 cm³/mol. The molecule has 5 rings (SSSR count). The number of ether oxygens (including phenoxy) is 1. The Hall–Kier alpha value is -4.42. The van der Waals surface area contributed by atoms with E-state index in [1.165, 1.54) is 5.56 Å². The van der Waals surface area contributed by atoms with Crippen molar-refractivity contribution in [1.29, 1.82) is 5.26 Å². The number of anilines is 2. The van der Waals surface area contributed by atoms with E-state index in [0.717, 1.165) is 41.3 Å². The first-order valence-electron chi connectivity index (χ1n) is 11.9. The number of nitrogens with zero attached hydrogens (tertiary/aromatic N) is 5. The Morgan fingerprint density at radius 3 is 2.81 bits per heavy atom. The minimum Gasteiger partial charge on any atom is -0.481 e. The molecule has 9 heteroatoms. The van der Waals surface area contributed by atoms with E-state index >= 15 is 0 Å². The van der Waals surface area contributed by atoms with Gasteiger partial charge in [0.15, 0.2) is 0 Å². The molecule has 0 radical (unpaired) electrons. The van der Waals surface area contributed by atoms with Gasteiger partial charge in [-0.25, -0.2) is 9.97 Å². The van der Waals surface area contributed by atoms with Crippen molar-refractivity contribution >= 4 is 11.5 Å². The topological polar surface area (TPSA) is 113 Å². The highest BCUT2D eigenvalue weighted by Crippen LogP contribution is 2.32. The maximum atomic E-state index is 9.03. The van der Waals surface area contributed by atoms with Crippen LogP contribution in [0.1, 0.15) is 22.9 Å². The zero-order valence-electron chi connectivity index (χ0n) is 20.3. The number of methoxy groups -OCH3 is 1. The fourth-order valence-electron chi connectivity index (χ4n) is 4.38. The second-order valence-electron chi connectivity index (χ2n) is 8.75. The Morgan fingerprint density at radius 2 is 2.06 bits per heavy atom. The van der Waals surface area contributed by atoms with E-state index in [4.69, 9.17) is 20.0 Å². The molecule has 1 aliphatic heterocycles. The molecule has 0 amide bonds. The highest BCUT2D eigenvalue weighted by molar-refractivity contribution is 5.75. The number of hydrogen-bond acceptors (Lipinski definition) is 8. The lowest BCUT2D eigenvalue weighted by atomic mass is 10.0. The molecule has 2 atom stereocenters. The number of aryl methyl sites for hydroxylation is 1. The third-order valence-corrected chi connectivity index (χ3v) is 6.30. The van der Waals surface area contributed by atoms with Gasteiger partial charge in [-0.3, -0.25) is 4.68 Å². The van der Waals surface area contributed by atoms with E-state index in [9.17, 15) is 0 Å². The number of benzene rings is 1. The third kappa shape index (κ3) is 5.14. The largest absolute Gasteiger partial charge is 0.481 e. The minimum atomic E-state index is -0.0843. The molecule has 0 spiro atoms. The van der Waals surface area contributed by atoms with Crippen LogP contribution < -0.4 is 20.7 Å². The van der Waals surface area contributed by atoms with E-state index in [1.54, 1.807) is 11.8 Å². The molecule has 0 aliphatic carbocycles. The third-order valence-electron chi connectivity index (χ3n) is 6.30. The van der Waals surface area contributed by atoms with Crippen LogP contribution in [0.5, 0.6) is 5.88 Å². The van der Waals surface area contributed by atoms with Crippen LogP contribution in [0.3, 0.4) is 0 Å². The molecule has 0 saturated heterocycles. The Kier molecular flexibility index (Phi) is 6.78. The van der Waals surface area contributed by atoms with Gasteiger partial charge in [-0.1, -0.05) is 18.2 Å². The molecule has 36 heavy (non-hydrogen) atoms. The maximum absolute atomic E-state index is 9.03. The first kappa shape index (κ1) is 23.3. The van der Waals surface area contributed by atoms with Crippen LogP contribution in [0.2, 0.25) is 0 Å². The van der Waals surface area contributed by atoms with Gasteiger partial charge in [-0.2, -0.15) is 10.4 Å². The molecule has 0 saturated carbocycles. The number of fused-ring (bicyclic) bond motifs is 1. The molecule has 4 heterocycles. The standard InChI is InChI=1S/C27H28N8O/c1-35-17-21(15-32-35)20-12-23-27(31-14-20)34-24(16-30-23)26(22-4-3-5-25(33-22)36-2)29-11-10-18-6-8-19(13-28)9-7-18/h3-9,12,14-15,17,24,26,29-30H,10-11,16H2,1-2H3,(H,31,34)/t24-,26+/m1/s1. The van der Waals surface area contributed by atoms with Crippen molar-refractivity contribution in [2.24, 2.45) is 7.05 Å². The van der Waals surface area contributed by atoms with Crippen LogP contribution in [-0.4, -0.2) is 46.0 Å². The summed E-state index contributed by atoms with van der Waals surface area (Å²) in [7, 11) is 3.53. The summed E-state index contributed by atoms with van der Waals surface area (Å²) in [6.45, 7) is 1.44. The monoisotopic (exact) mass is 480 g/mol. The van der Waals surface area contributed by atoms with Crippen LogP contribution in [0.25, 0.3) is 11.1 Å². The van der Waals surface area contributed by atoms with Gasteiger partial charge in [0.25, 0.3) is 0 Å². The SMILES string of the molecule is COc1cccc([C@H](NCCc2ccc(C#N)cc2)[C@H]2CNc3cc(-c4cnn(C)c4)cnc3N2)n1. The quantitative estimate of drug-likeness (QED) is 0.351. The van der Waals surface area contributed by atoms with Crippen LogP contribution in [0.15, 0.2) is 67.1 Å². The molecule has 4 aromatic rings. The van der Waals surface area contributed by atoms with E-state index in [-0.39, 0.29) is 12.1 Å². The number of rotatable bonds is 8. The maximum Gasteiger partial charge on any atom is 0.213 e. The predicted octanol–water partition coefficient (Wildman–Crippen LogP) is 3.54. The zero-order chi connectivity index (χ0) is 24.9. The van der Waals surface area contributed by atoms with Gasteiger partial charge in [0.1, 0.15) is 5.82 Å². The summed E-state index contributed by atoms with van der Waals surface area (Å²) < 4.78 is 7.16. The van der Waals surface area contributed by atoms with E-state index in [0.29, 0.717) is 18.0 Å². The highest BCUT2D eigenvalue weighted by Gasteiger charge is 2.29. The van der Waals surface area contributed by atoms with Crippen molar-refractivity contribution in [3.63, 3.8) is 0 Å².